The Morgan fingerprint density at radius 1 is 1.15 bits per heavy atom. The standard InChI is InChI=1S/C24H23Cl2F3N6O4/c1-12-8-14(25)9-15(22(37)33-39-13(2)23(38)34(3)4)18(12)32-21(36)16-10-31-35(11-24(27,28)29)20(16)19-17(26)6-5-7-30-19/h5-10,13H,11H2,1-4H3,(H,32,36)(H,33,37). The maximum atomic E-state index is 13.4. The first-order chi connectivity index (χ1) is 18.2. The highest BCUT2D eigenvalue weighted by atomic mass is 35.5. The Hall–Kier alpha value is -3.68. The molecular weight excluding hydrogens is 564 g/mol. The molecule has 0 spiro atoms. The van der Waals surface area contributed by atoms with E-state index in [9.17, 15) is 27.6 Å². The van der Waals surface area contributed by atoms with Crippen LogP contribution >= 0.6 is 23.2 Å². The van der Waals surface area contributed by atoms with E-state index >= 15 is 0 Å². The average molecular weight is 587 g/mol. The second-order valence-electron chi connectivity index (χ2n) is 8.54. The van der Waals surface area contributed by atoms with Gasteiger partial charge in [-0.2, -0.15) is 18.3 Å². The highest BCUT2D eigenvalue weighted by Gasteiger charge is 2.33. The van der Waals surface area contributed by atoms with Gasteiger partial charge in [-0.1, -0.05) is 23.2 Å². The zero-order valence-electron chi connectivity index (χ0n) is 21.1. The Morgan fingerprint density at radius 3 is 2.46 bits per heavy atom. The summed E-state index contributed by atoms with van der Waals surface area (Å²) in [6.07, 6.45) is -3.42. The Balaban J connectivity index is 1.98. The molecule has 10 nitrogen and oxygen atoms in total. The first kappa shape index (κ1) is 29.9. The van der Waals surface area contributed by atoms with Crippen LogP contribution in [-0.4, -0.2) is 63.8 Å². The third-order valence-electron chi connectivity index (χ3n) is 5.30. The van der Waals surface area contributed by atoms with Gasteiger partial charge in [0.1, 0.15) is 17.9 Å². The van der Waals surface area contributed by atoms with Crippen molar-refractivity contribution in [1.82, 2.24) is 25.1 Å². The molecule has 0 aliphatic rings. The van der Waals surface area contributed by atoms with Gasteiger partial charge in [-0.25, -0.2) is 5.48 Å². The number of rotatable bonds is 8. The molecular formula is C24H23Cl2F3N6O4. The number of hydrogen-bond acceptors (Lipinski definition) is 6. The first-order valence-electron chi connectivity index (χ1n) is 11.2. The summed E-state index contributed by atoms with van der Waals surface area (Å²) in [4.78, 5) is 48.8. The summed E-state index contributed by atoms with van der Waals surface area (Å²) < 4.78 is 40.3. The van der Waals surface area contributed by atoms with Gasteiger partial charge in [0.15, 0.2) is 6.10 Å². The third-order valence-corrected chi connectivity index (χ3v) is 5.82. The van der Waals surface area contributed by atoms with Crippen molar-refractivity contribution >= 4 is 46.6 Å². The van der Waals surface area contributed by atoms with Gasteiger partial charge in [0, 0.05) is 25.3 Å². The molecule has 2 N–H and O–H groups in total. The van der Waals surface area contributed by atoms with Crippen LogP contribution in [0.4, 0.5) is 18.9 Å². The van der Waals surface area contributed by atoms with Crippen molar-refractivity contribution < 1.29 is 32.4 Å². The number of aromatic nitrogens is 3. The summed E-state index contributed by atoms with van der Waals surface area (Å²) in [5.74, 6) is -2.14. The number of pyridine rings is 1. The second-order valence-corrected chi connectivity index (χ2v) is 9.38. The molecule has 0 aliphatic heterocycles. The zero-order chi connectivity index (χ0) is 29.1. The van der Waals surface area contributed by atoms with E-state index in [1.165, 1.54) is 56.4 Å². The number of nitrogens with zero attached hydrogens (tertiary/aromatic N) is 4. The number of halogens is 5. The van der Waals surface area contributed by atoms with E-state index in [1.54, 1.807) is 6.92 Å². The fourth-order valence-electron chi connectivity index (χ4n) is 3.53. The van der Waals surface area contributed by atoms with Crippen LogP contribution in [0.25, 0.3) is 11.4 Å². The van der Waals surface area contributed by atoms with Crippen LogP contribution < -0.4 is 10.8 Å². The number of amides is 3. The summed E-state index contributed by atoms with van der Waals surface area (Å²) in [7, 11) is 3.03. The summed E-state index contributed by atoms with van der Waals surface area (Å²) in [5, 5.41) is 6.44. The molecule has 0 radical (unpaired) electrons. The predicted molar refractivity (Wildman–Crippen MR) is 137 cm³/mol. The number of aryl methyl sites for hydroxylation is 1. The van der Waals surface area contributed by atoms with Crippen molar-refractivity contribution in [1.29, 1.82) is 0 Å². The molecule has 0 saturated carbocycles. The Kier molecular flexibility index (Phi) is 9.20. The lowest BCUT2D eigenvalue weighted by atomic mass is 10.1. The fraction of sp³-hybridized carbons (Fsp3) is 0.292. The Morgan fingerprint density at radius 2 is 1.85 bits per heavy atom. The lowest BCUT2D eigenvalue weighted by molar-refractivity contribution is -0.143. The topological polar surface area (TPSA) is 118 Å². The molecule has 3 amide bonds. The monoisotopic (exact) mass is 586 g/mol. The number of hydroxylamine groups is 1. The van der Waals surface area contributed by atoms with Gasteiger partial charge in [-0.05, 0) is 43.7 Å². The summed E-state index contributed by atoms with van der Waals surface area (Å²) in [6, 6.07) is 5.61. The van der Waals surface area contributed by atoms with Crippen LogP contribution in [-0.2, 0) is 16.2 Å². The number of carbonyl (C=O) groups excluding carboxylic acids is 3. The van der Waals surface area contributed by atoms with Gasteiger partial charge in [0.2, 0.25) is 0 Å². The summed E-state index contributed by atoms with van der Waals surface area (Å²) in [5.41, 5.74) is 1.74. The molecule has 15 heteroatoms. The number of carbonyl (C=O) groups is 3. The summed E-state index contributed by atoms with van der Waals surface area (Å²) in [6.45, 7) is 1.48. The quantitative estimate of drug-likeness (QED) is 0.375. The van der Waals surface area contributed by atoms with Crippen molar-refractivity contribution in [2.45, 2.75) is 32.7 Å². The SMILES string of the molecule is Cc1cc(Cl)cc(C(=O)NOC(C)C(=O)N(C)C)c1NC(=O)c1cnn(CC(F)(F)F)c1-c1ncccc1Cl. The largest absolute Gasteiger partial charge is 0.408 e. The van der Waals surface area contributed by atoms with Crippen molar-refractivity contribution in [3.63, 3.8) is 0 Å². The fourth-order valence-corrected chi connectivity index (χ4v) is 4.01. The minimum atomic E-state index is -4.65. The lowest BCUT2D eigenvalue weighted by Gasteiger charge is -2.18. The number of nitrogens with one attached hydrogen (secondary N) is 2. The van der Waals surface area contributed by atoms with Gasteiger partial charge < -0.3 is 10.2 Å². The van der Waals surface area contributed by atoms with E-state index in [0.717, 1.165) is 6.20 Å². The first-order valence-corrected chi connectivity index (χ1v) is 12.0. The molecule has 2 aromatic heterocycles. The molecule has 1 atom stereocenters. The molecule has 3 aromatic rings. The van der Waals surface area contributed by atoms with E-state index in [0.29, 0.717) is 10.2 Å². The highest BCUT2D eigenvalue weighted by molar-refractivity contribution is 6.33. The molecule has 39 heavy (non-hydrogen) atoms. The van der Waals surface area contributed by atoms with E-state index in [4.69, 9.17) is 28.0 Å². The molecule has 1 aromatic carbocycles. The molecule has 3 rings (SSSR count). The minimum Gasteiger partial charge on any atom is -0.346 e. The molecule has 0 saturated heterocycles. The van der Waals surface area contributed by atoms with Gasteiger partial charge in [0.25, 0.3) is 17.7 Å². The van der Waals surface area contributed by atoms with Crippen LogP contribution in [0.15, 0.2) is 36.7 Å². The van der Waals surface area contributed by atoms with Crippen molar-refractivity contribution in [3.05, 3.63) is 63.4 Å². The van der Waals surface area contributed by atoms with Crippen molar-refractivity contribution in [2.24, 2.45) is 0 Å². The average Bonchev–Trinajstić information content (AvgIpc) is 3.25. The molecule has 208 valence electrons. The second kappa shape index (κ2) is 12.0. The van der Waals surface area contributed by atoms with Crippen LogP contribution in [0.2, 0.25) is 10.0 Å². The van der Waals surface area contributed by atoms with Crippen LogP contribution in [0.5, 0.6) is 0 Å². The number of alkyl halides is 3. The number of hydrogen-bond donors (Lipinski definition) is 2. The smallest absolute Gasteiger partial charge is 0.346 e. The Bertz CT molecular complexity index is 1410. The predicted octanol–water partition coefficient (Wildman–Crippen LogP) is 4.51. The number of likely N-dealkylation sites (N-methyl/N-ethyl adjacent to an activating group) is 1. The van der Waals surface area contributed by atoms with E-state index in [1.807, 2.05) is 0 Å². The minimum absolute atomic E-state index is 0.00118. The van der Waals surface area contributed by atoms with Crippen LogP contribution in [0, 0.1) is 6.92 Å². The van der Waals surface area contributed by atoms with Crippen LogP contribution in [0.3, 0.4) is 0 Å². The number of anilines is 1. The Labute approximate surface area is 231 Å². The van der Waals surface area contributed by atoms with Gasteiger partial charge >= 0.3 is 6.18 Å². The van der Waals surface area contributed by atoms with E-state index in [2.05, 4.69) is 20.9 Å². The van der Waals surface area contributed by atoms with Crippen molar-refractivity contribution in [3.8, 4) is 11.4 Å². The molecule has 0 aliphatic carbocycles. The van der Waals surface area contributed by atoms with Crippen LogP contribution in [0.1, 0.15) is 33.2 Å². The molecule has 0 bridgehead atoms. The molecule has 2 heterocycles. The molecule has 1 unspecified atom stereocenters. The summed E-state index contributed by atoms with van der Waals surface area (Å²) >= 11 is 12.3. The maximum absolute atomic E-state index is 13.4. The lowest BCUT2D eigenvalue weighted by Crippen LogP contribution is -2.39. The zero-order valence-corrected chi connectivity index (χ0v) is 22.6. The maximum Gasteiger partial charge on any atom is 0.408 e. The number of benzene rings is 1. The van der Waals surface area contributed by atoms with Gasteiger partial charge in [-0.3, -0.25) is 28.9 Å². The third kappa shape index (κ3) is 7.25. The molecule has 0 fully saturated rings. The van der Waals surface area contributed by atoms with E-state index in [-0.39, 0.29) is 38.2 Å². The highest BCUT2D eigenvalue weighted by Crippen LogP contribution is 2.32. The van der Waals surface area contributed by atoms with Gasteiger partial charge in [0.05, 0.1) is 28.0 Å². The van der Waals surface area contributed by atoms with E-state index < -0.39 is 36.5 Å². The normalized spacial score (nSPS) is 12.1. The van der Waals surface area contributed by atoms with Crippen molar-refractivity contribution in [2.75, 3.05) is 19.4 Å². The van der Waals surface area contributed by atoms with Gasteiger partial charge in [-0.15, -0.1) is 0 Å².